The summed E-state index contributed by atoms with van der Waals surface area (Å²) in [4.78, 5) is 12.3. The summed E-state index contributed by atoms with van der Waals surface area (Å²) in [5.41, 5.74) is 1.42. The van der Waals surface area contributed by atoms with Gasteiger partial charge in [0.05, 0.1) is 12.1 Å². The van der Waals surface area contributed by atoms with Gasteiger partial charge in [-0.3, -0.25) is 0 Å². The summed E-state index contributed by atoms with van der Waals surface area (Å²) in [5.74, 6) is 1.93. The SMILES string of the molecule is C=C(C)[C@@H](C)CC[C@@H](C)[C@H]1CC[C@@]2(C)[C@@H]3CC[C@H]4[C@@](C)(C(=O)[O-])[C@@H](O)CC[C@@]45C[C@@]35CC[C@]12C. The molecule has 192 valence electrons. The third-order valence-corrected chi connectivity index (χ3v) is 13.8. The van der Waals surface area contributed by atoms with Crippen LogP contribution in [0.4, 0.5) is 0 Å². The highest BCUT2D eigenvalue weighted by Gasteiger charge is 2.82. The van der Waals surface area contributed by atoms with E-state index in [1.807, 2.05) is 0 Å². The molecule has 2 spiro atoms. The van der Waals surface area contributed by atoms with Crippen LogP contribution < -0.4 is 5.11 Å². The van der Waals surface area contributed by atoms with E-state index in [0.717, 1.165) is 31.1 Å². The van der Waals surface area contributed by atoms with E-state index in [0.29, 0.717) is 34.5 Å². The molecule has 3 nitrogen and oxygen atoms in total. The fraction of sp³-hybridized carbons (Fsp3) is 0.903. The quantitative estimate of drug-likeness (QED) is 0.475. The van der Waals surface area contributed by atoms with Crippen LogP contribution in [0, 0.1) is 56.7 Å². The minimum absolute atomic E-state index is 0.0812. The second kappa shape index (κ2) is 7.59. The van der Waals surface area contributed by atoms with Crippen LogP contribution in [0.5, 0.6) is 0 Å². The van der Waals surface area contributed by atoms with Crippen LogP contribution in [0.1, 0.15) is 112 Å². The van der Waals surface area contributed by atoms with Crippen molar-refractivity contribution in [3.63, 3.8) is 0 Å². The van der Waals surface area contributed by atoms with Gasteiger partial charge in [-0.05, 0) is 129 Å². The average molecular weight is 470 g/mol. The fourth-order valence-electron chi connectivity index (χ4n) is 11.3. The highest BCUT2D eigenvalue weighted by atomic mass is 16.4. The average Bonchev–Trinajstić information content (AvgIpc) is 3.36. The molecule has 0 aromatic heterocycles. The number of fused-ring (bicyclic) bond motifs is 2. The Labute approximate surface area is 208 Å². The molecule has 5 rings (SSSR count). The van der Waals surface area contributed by atoms with E-state index in [9.17, 15) is 15.0 Å². The number of rotatable bonds is 6. The summed E-state index contributed by atoms with van der Waals surface area (Å²) in [7, 11) is 0. The molecular formula is C31H49O3-. The van der Waals surface area contributed by atoms with Crippen LogP contribution in [-0.2, 0) is 4.79 Å². The number of carbonyl (C=O) groups is 1. The van der Waals surface area contributed by atoms with Gasteiger partial charge in [-0.25, -0.2) is 0 Å². The van der Waals surface area contributed by atoms with Crippen molar-refractivity contribution >= 4 is 5.97 Å². The Bertz CT molecular complexity index is 880. The maximum Gasteiger partial charge on any atom is 0.0649 e. The third-order valence-electron chi connectivity index (χ3n) is 13.8. The first kappa shape index (κ1) is 24.8. The Morgan fingerprint density at radius 2 is 1.59 bits per heavy atom. The minimum Gasteiger partial charge on any atom is -0.549 e. The van der Waals surface area contributed by atoms with Crippen molar-refractivity contribution in [1.29, 1.82) is 0 Å². The lowest BCUT2D eigenvalue weighted by Crippen LogP contribution is -2.62. The molecule has 3 heteroatoms. The van der Waals surface area contributed by atoms with Gasteiger partial charge in [0.1, 0.15) is 0 Å². The molecule has 5 aliphatic carbocycles. The van der Waals surface area contributed by atoms with Crippen LogP contribution in [0.15, 0.2) is 12.2 Å². The van der Waals surface area contributed by atoms with E-state index in [1.165, 1.54) is 50.5 Å². The monoisotopic (exact) mass is 469 g/mol. The number of hydrogen-bond donors (Lipinski definition) is 1. The molecule has 0 unspecified atom stereocenters. The van der Waals surface area contributed by atoms with Crippen LogP contribution in [-0.4, -0.2) is 17.2 Å². The first-order valence-corrected chi connectivity index (χ1v) is 14.3. The number of aliphatic hydroxyl groups excluding tert-OH is 1. The summed E-state index contributed by atoms with van der Waals surface area (Å²) >= 11 is 0. The second-order valence-electron chi connectivity index (χ2n) is 14.6. The molecule has 5 fully saturated rings. The first-order chi connectivity index (χ1) is 15.8. The summed E-state index contributed by atoms with van der Waals surface area (Å²) < 4.78 is 0. The van der Waals surface area contributed by atoms with Crippen molar-refractivity contribution in [2.75, 3.05) is 0 Å². The predicted octanol–water partition coefficient (Wildman–Crippen LogP) is 6.14. The Hall–Kier alpha value is -0.830. The standard InChI is InChI=1S/C31H50O3/c1-19(2)20(3)8-9-21(4)22-12-14-28(6)23-10-11-24-29(7,26(33)34)25(32)13-15-30(24)18-31(23,30)17-16-27(22,28)5/h20-25,32H,1,8-18H2,2-7H3,(H,33,34)/p-1/t20-,21+,22+,23-,24-,25-,27+,28-,29+,30+,31-/m0/s1. The number of allylic oxidation sites excluding steroid dienone is 1. The van der Waals surface area contributed by atoms with Crippen molar-refractivity contribution in [1.82, 2.24) is 0 Å². The lowest BCUT2D eigenvalue weighted by Gasteiger charge is -2.63. The summed E-state index contributed by atoms with van der Waals surface area (Å²) in [6, 6.07) is 0. The molecule has 0 aromatic carbocycles. The number of carboxylic acid groups (broad SMARTS) is 1. The highest BCUT2D eigenvalue weighted by Crippen LogP contribution is 2.89. The second-order valence-corrected chi connectivity index (χ2v) is 14.6. The molecule has 1 N–H and O–H groups in total. The van der Waals surface area contributed by atoms with E-state index < -0.39 is 17.5 Å². The van der Waals surface area contributed by atoms with Crippen LogP contribution >= 0.6 is 0 Å². The summed E-state index contributed by atoms with van der Waals surface area (Å²) in [5, 5.41) is 23.1. The maximum absolute atomic E-state index is 12.3. The van der Waals surface area contributed by atoms with Crippen molar-refractivity contribution in [3.05, 3.63) is 12.2 Å². The summed E-state index contributed by atoms with van der Waals surface area (Å²) in [6.45, 7) is 18.3. The molecular weight excluding hydrogens is 420 g/mol. The fourth-order valence-corrected chi connectivity index (χ4v) is 11.3. The Morgan fingerprint density at radius 1 is 0.941 bits per heavy atom. The molecule has 0 aliphatic heterocycles. The van der Waals surface area contributed by atoms with Gasteiger partial charge in [0.2, 0.25) is 0 Å². The molecule has 0 heterocycles. The molecule has 5 saturated carbocycles. The van der Waals surface area contributed by atoms with Crippen LogP contribution in [0.3, 0.4) is 0 Å². The Balaban J connectivity index is 1.41. The van der Waals surface area contributed by atoms with E-state index in [2.05, 4.69) is 41.2 Å². The first-order valence-electron chi connectivity index (χ1n) is 14.3. The van der Waals surface area contributed by atoms with Crippen molar-refractivity contribution in [2.24, 2.45) is 56.7 Å². The molecule has 0 saturated heterocycles. The van der Waals surface area contributed by atoms with Gasteiger partial charge in [-0.1, -0.05) is 46.8 Å². The van der Waals surface area contributed by atoms with Gasteiger partial charge < -0.3 is 15.0 Å². The van der Waals surface area contributed by atoms with Gasteiger partial charge in [-0.2, -0.15) is 0 Å². The molecule has 11 atom stereocenters. The summed E-state index contributed by atoms with van der Waals surface area (Å²) in [6.07, 6.45) is 12.0. The lowest BCUT2D eigenvalue weighted by molar-refractivity contribution is -0.332. The smallest absolute Gasteiger partial charge is 0.0649 e. The zero-order chi connectivity index (χ0) is 24.9. The molecule has 0 amide bonds. The number of carbonyl (C=O) groups excluding carboxylic acids is 1. The van der Waals surface area contributed by atoms with Gasteiger partial charge in [0.15, 0.2) is 0 Å². The van der Waals surface area contributed by atoms with E-state index in [4.69, 9.17) is 0 Å². The van der Waals surface area contributed by atoms with Crippen LogP contribution in [0.2, 0.25) is 0 Å². The zero-order valence-electron chi connectivity index (χ0n) is 22.7. The highest BCUT2D eigenvalue weighted by molar-refractivity contribution is 5.74. The maximum atomic E-state index is 12.3. The topological polar surface area (TPSA) is 60.4 Å². The Morgan fingerprint density at radius 3 is 2.24 bits per heavy atom. The van der Waals surface area contributed by atoms with Crippen molar-refractivity contribution < 1.29 is 15.0 Å². The molecule has 0 aromatic rings. The lowest BCUT2D eigenvalue weighted by atomic mass is 9.41. The molecule has 34 heavy (non-hydrogen) atoms. The number of hydrogen-bond acceptors (Lipinski definition) is 3. The third kappa shape index (κ3) is 2.83. The molecule has 0 radical (unpaired) electrons. The van der Waals surface area contributed by atoms with Gasteiger partial charge >= 0.3 is 0 Å². The van der Waals surface area contributed by atoms with E-state index >= 15 is 0 Å². The van der Waals surface area contributed by atoms with Gasteiger partial charge in [0, 0.05) is 5.41 Å². The van der Waals surface area contributed by atoms with Crippen molar-refractivity contribution in [3.8, 4) is 0 Å². The van der Waals surface area contributed by atoms with E-state index in [1.54, 1.807) is 6.92 Å². The van der Waals surface area contributed by atoms with E-state index in [-0.39, 0.29) is 11.3 Å². The van der Waals surface area contributed by atoms with Gasteiger partial charge in [-0.15, -0.1) is 0 Å². The van der Waals surface area contributed by atoms with Crippen molar-refractivity contribution in [2.45, 2.75) is 118 Å². The Kier molecular flexibility index (Phi) is 5.55. The number of carboxylic acids is 1. The predicted molar refractivity (Wildman–Crippen MR) is 135 cm³/mol. The van der Waals surface area contributed by atoms with Crippen LogP contribution in [0.25, 0.3) is 0 Å². The minimum atomic E-state index is -1.08. The van der Waals surface area contributed by atoms with Gasteiger partial charge in [0.25, 0.3) is 0 Å². The molecule has 5 aliphatic rings. The largest absolute Gasteiger partial charge is 0.549 e. The zero-order valence-corrected chi connectivity index (χ0v) is 22.7. The number of aliphatic hydroxyl groups is 1. The normalized spacial score (nSPS) is 53.0. The number of aliphatic carboxylic acids is 1. The molecule has 0 bridgehead atoms.